The summed E-state index contributed by atoms with van der Waals surface area (Å²) in [5, 5.41) is 0. The molecule has 0 saturated carbocycles. The van der Waals surface area contributed by atoms with Gasteiger partial charge in [0.05, 0.1) is 42.4 Å². The number of hydrogen-bond acceptors (Lipinski definition) is 4. The van der Waals surface area contributed by atoms with Crippen molar-refractivity contribution in [2.45, 2.75) is 43.2 Å². The zero-order chi connectivity index (χ0) is 20.5. The van der Waals surface area contributed by atoms with E-state index in [1.807, 2.05) is 4.90 Å². The van der Waals surface area contributed by atoms with Gasteiger partial charge in [0.1, 0.15) is 5.82 Å². The lowest BCUT2D eigenvalue weighted by atomic mass is 10.0. The number of fused-ring (bicyclic) bond motifs is 5. The van der Waals surface area contributed by atoms with Crippen LogP contribution in [0.1, 0.15) is 28.8 Å². The molecule has 5 rings (SSSR count). The minimum absolute atomic E-state index is 0.0292. The van der Waals surface area contributed by atoms with Crippen molar-refractivity contribution in [3.05, 3.63) is 53.5 Å². The van der Waals surface area contributed by atoms with E-state index in [-0.39, 0.29) is 41.4 Å². The molecule has 3 aliphatic heterocycles. The summed E-state index contributed by atoms with van der Waals surface area (Å²) in [6.07, 6.45) is -1.99. The van der Waals surface area contributed by atoms with Gasteiger partial charge in [-0.2, -0.15) is 13.2 Å². The maximum Gasteiger partial charge on any atom is 0.417 e. The van der Waals surface area contributed by atoms with Crippen molar-refractivity contribution >= 4 is 11.7 Å². The lowest BCUT2D eigenvalue weighted by Crippen LogP contribution is -2.43. The Morgan fingerprint density at radius 1 is 1.14 bits per heavy atom. The number of para-hydroxylation sites is 1. The minimum atomic E-state index is -4.42. The van der Waals surface area contributed by atoms with E-state index >= 15 is 0 Å². The predicted molar refractivity (Wildman–Crippen MR) is 95.2 cm³/mol. The lowest BCUT2D eigenvalue weighted by Gasteiger charge is -2.28. The molecule has 1 amide bonds. The van der Waals surface area contributed by atoms with Crippen LogP contribution in [0.3, 0.4) is 0 Å². The van der Waals surface area contributed by atoms with Crippen LogP contribution in [0.5, 0.6) is 5.75 Å². The minimum Gasteiger partial charge on any atom is -0.493 e. The van der Waals surface area contributed by atoms with Gasteiger partial charge in [-0.05, 0) is 37.1 Å². The number of pyridine rings is 1. The van der Waals surface area contributed by atoms with E-state index in [0.717, 1.165) is 25.1 Å². The SMILES string of the molecule is COc1c(F)cccc1C(=O)N1C2CCC1C1C2N1c1ccc(C(F)(F)F)cn1. The highest BCUT2D eigenvalue weighted by molar-refractivity contribution is 5.98. The smallest absolute Gasteiger partial charge is 0.417 e. The molecular formula is C20H17F4N3O2. The molecule has 4 heterocycles. The van der Waals surface area contributed by atoms with Gasteiger partial charge < -0.3 is 14.5 Å². The first-order valence-electron chi connectivity index (χ1n) is 9.29. The molecule has 9 heteroatoms. The van der Waals surface area contributed by atoms with Gasteiger partial charge >= 0.3 is 6.18 Å². The van der Waals surface area contributed by atoms with Crippen LogP contribution >= 0.6 is 0 Å². The molecule has 3 saturated heterocycles. The average molecular weight is 407 g/mol. The quantitative estimate of drug-likeness (QED) is 0.577. The van der Waals surface area contributed by atoms with Crippen molar-refractivity contribution in [3.8, 4) is 5.75 Å². The molecule has 152 valence electrons. The van der Waals surface area contributed by atoms with Crippen LogP contribution < -0.4 is 9.64 Å². The number of alkyl halides is 3. The Morgan fingerprint density at radius 2 is 1.83 bits per heavy atom. The maximum atomic E-state index is 14.0. The number of benzene rings is 1. The van der Waals surface area contributed by atoms with Gasteiger partial charge in [-0.3, -0.25) is 4.79 Å². The second kappa shape index (κ2) is 6.08. The number of halogens is 4. The Bertz CT molecular complexity index is 961. The molecule has 3 aliphatic rings. The second-order valence-electron chi connectivity index (χ2n) is 7.54. The molecule has 0 radical (unpaired) electrons. The van der Waals surface area contributed by atoms with Gasteiger partial charge in [0.15, 0.2) is 11.6 Å². The Morgan fingerprint density at radius 3 is 2.38 bits per heavy atom. The van der Waals surface area contributed by atoms with E-state index < -0.39 is 17.6 Å². The van der Waals surface area contributed by atoms with Crippen molar-refractivity contribution in [2.75, 3.05) is 12.0 Å². The molecule has 0 spiro atoms. The van der Waals surface area contributed by atoms with Gasteiger partial charge in [-0.1, -0.05) is 6.07 Å². The van der Waals surface area contributed by atoms with Crippen molar-refractivity contribution in [3.63, 3.8) is 0 Å². The largest absolute Gasteiger partial charge is 0.493 e. The molecule has 1 aromatic heterocycles. The van der Waals surface area contributed by atoms with E-state index in [1.54, 1.807) is 11.0 Å². The third kappa shape index (κ3) is 2.59. The number of ether oxygens (including phenoxy) is 1. The van der Waals surface area contributed by atoms with Crippen LogP contribution in [0.25, 0.3) is 0 Å². The lowest BCUT2D eigenvalue weighted by molar-refractivity contribution is -0.137. The van der Waals surface area contributed by atoms with Crippen molar-refractivity contribution in [1.82, 2.24) is 9.88 Å². The van der Waals surface area contributed by atoms with Crippen molar-refractivity contribution < 1.29 is 27.1 Å². The number of nitrogens with zero attached hydrogens (tertiary/aromatic N) is 3. The average Bonchev–Trinajstić information content (AvgIpc) is 3.20. The zero-order valence-electron chi connectivity index (χ0n) is 15.4. The van der Waals surface area contributed by atoms with E-state index in [0.29, 0.717) is 5.82 Å². The fourth-order valence-corrected chi connectivity index (χ4v) is 4.97. The molecule has 29 heavy (non-hydrogen) atoms. The van der Waals surface area contributed by atoms with Gasteiger partial charge in [-0.25, -0.2) is 9.37 Å². The Hall–Kier alpha value is -2.84. The highest BCUT2D eigenvalue weighted by Crippen LogP contribution is 2.54. The maximum absolute atomic E-state index is 14.0. The van der Waals surface area contributed by atoms with Gasteiger partial charge in [0.2, 0.25) is 0 Å². The summed E-state index contributed by atoms with van der Waals surface area (Å²) in [4.78, 5) is 20.9. The molecule has 2 aromatic rings. The summed E-state index contributed by atoms with van der Waals surface area (Å²) in [6.45, 7) is 0. The molecule has 4 unspecified atom stereocenters. The van der Waals surface area contributed by atoms with Gasteiger partial charge in [0.25, 0.3) is 5.91 Å². The monoisotopic (exact) mass is 407 g/mol. The summed E-state index contributed by atoms with van der Waals surface area (Å²) in [5.74, 6) is -0.453. The molecule has 4 atom stereocenters. The number of methoxy groups -OCH3 is 1. The number of anilines is 1. The summed E-state index contributed by atoms with van der Waals surface area (Å²) in [5.41, 5.74) is -0.601. The van der Waals surface area contributed by atoms with E-state index in [4.69, 9.17) is 4.74 Å². The first-order valence-corrected chi connectivity index (χ1v) is 9.29. The molecule has 0 aliphatic carbocycles. The van der Waals surface area contributed by atoms with E-state index in [1.165, 1.54) is 25.3 Å². The zero-order valence-corrected chi connectivity index (χ0v) is 15.4. The number of piperazine rings is 1. The Labute approximate surface area is 163 Å². The van der Waals surface area contributed by atoms with Crippen LogP contribution in [0.2, 0.25) is 0 Å². The van der Waals surface area contributed by atoms with E-state index in [2.05, 4.69) is 4.98 Å². The summed E-state index contributed by atoms with van der Waals surface area (Å²) >= 11 is 0. The van der Waals surface area contributed by atoms with Crippen LogP contribution in [0.4, 0.5) is 23.4 Å². The Balaban J connectivity index is 1.38. The third-order valence-corrected chi connectivity index (χ3v) is 6.14. The van der Waals surface area contributed by atoms with Crippen LogP contribution in [0, 0.1) is 5.82 Å². The number of amides is 1. The fourth-order valence-electron chi connectivity index (χ4n) is 4.97. The van der Waals surface area contributed by atoms with Crippen molar-refractivity contribution in [1.29, 1.82) is 0 Å². The standard InChI is InChI=1S/C20H17F4N3O2/c1-29-18-11(3-2-4-12(18)21)19(28)26-13-6-7-14(26)17-16(13)27(17)15-8-5-10(9-25-15)20(22,23)24/h2-5,8-9,13-14,16-17H,6-7H2,1H3. The first-order chi connectivity index (χ1) is 13.8. The second-order valence-corrected chi connectivity index (χ2v) is 7.54. The predicted octanol–water partition coefficient (Wildman–Crippen LogP) is 3.49. The molecule has 3 fully saturated rings. The number of carbonyl (C=O) groups is 1. The molecule has 0 N–H and O–H groups in total. The van der Waals surface area contributed by atoms with Crippen LogP contribution in [-0.2, 0) is 6.18 Å². The van der Waals surface area contributed by atoms with Crippen LogP contribution in [-0.4, -0.2) is 47.1 Å². The van der Waals surface area contributed by atoms with Crippen molar-refractivity contribution in [2.24, 2.45) is 0 Å². The number of rotatable bonds is 3. The molecule has 5 nitrogen and oxygen atoms in total. The first kappa shape index (κ1) is 18.2. The highest BCUT2D eigenvalue weighted by Gasteiger charge is 2.69. The summed E-state index contributed by atoms with van der Waals surface area (Å²) in [6, 6.07) is 6.57. The molecule has 1 aromatic carbocycles. The fraction of sp³-hybridized carbons (Fsp3) is 0.400. The topological polar surface area (TPSA) is 45.4 Å². The summed E-state index contributed by atoms with van der Waals surface area (Å²) < 4.78 is 57.4. The number of hydrogen-bond donors (Lipinski definition) is 0. The van der Waals surface area contributed by atoms with E-state index in [9.17, 15) is 22.4 Å². The Kier molecular flexibility index (Phi) is 3.81. The van der Waals surface area contributed by atoms with Gasteiger partial charge in [-0.15, -0.1) is 0 Å². The van der Waals surface area contributed by atoms with Gasteiger partial charge in [0, 0.05) is 6.20 Å². The summed E-state index contributed by atoms with van der Waals surface area (Å²) in [7, 11) is 1.32. The highest BCUT2D eigenvalue weighted by atomic mass is 19.4. The third-order valence-electron chi connectivity index (χ3n) is 6.14. The molecular weight excluding hydrogens is 390 g/mol. The molecule has 2 bridgehead atoms. The normalized spacial score (nSPS) is 27.2. The number of aromatic nitrogens is 1. The number of carbonyl (C=O) groups excluding carboxylic acids is 1. The van der Waals surface area contributed by atoms with Crippen LogP contribution in [0.15, 0.2) is 36.5 Å².